The van der Waals surface area contributed by atoms with Gasteiger partial charge in [-0.1, -0.05) is 18.5 Å². The van der Waals surface area contributed by atoms with Crippen molar-refractivity contribution in [1.29, 1.82) is 0 Å². The molecule has 1 aromatic heterocycles. The molecule has 3 rings (SSSR count). The van der Waals surface area contributed by atoms with Crippen LogP contribution in [0.25, 0.3) is 0 Å². The predicted molar refractivity (Wildman–Crippen MR) is 112 cm³/mol. The van der Waals surface area contributed by atoms with Crippen LogP contribution in [-0.2, 0) is 19.9 Å². The van der Waals surface area contributed by atoms with Gasteiger partial charge in [-0.15, -0.1) is 0 Å². The smallest absolute Gasteiger partial charge is 0.275 e. The third-order valence-corrected chi connectivity index (χ3v) is 7.65. The first-order valence-corrected chi connectivity index (χ1v) is 12.8. The zero-order valence-corrected chi connectivity index (χ0v) is 18.8. The van der Waals surface area contributed by atoms with E-state index >= 15 is 0 Å². The molecular formula is C18H21ClN4O5S2. The number of aromatic nitrogens is 2. The average molecular weight is 473 g/mol. The molecule has 30 heavy (non-hydrogen) atoms. The molecule has 9 nitrogen and oxygen atoms in total. The minimum Gasteiger partial charge on any atom is -0.321 e. The van der Waals surface area contributed by atoms with Crippen molar-refractivity contribution < 1.29 is 21.6 Å². The Labute approximate surface area is 180 Å². The summed E-state index contributed by atoms with van der Waals surface area (Å²) in [6, 6.07) is 5.72. The number of carbonyl (C=O) groups is 1. The molecular weight excluding hydrogens is 452 g/mol. The van der Waals surface area contributed by atoms with Crippen molar-refractivity contribution in [2.24, 2.45) is 5.92 Å². The summed E-state index contributed by atoms with van der Waals surface area (Å²) in [6.07, 6.45) is 3.78. The monoisotopic (exact) mass is 472 g/mol. The van der Waals surface area contributed by atoms with E-state index in [4.69, 9.17) is 11.6 Å². The number of hydrogen-bond donors (Lipinski definition) is 1. The lowest BCUT2D eigenvalue weighted by atomic mass is 10.0. The van der Waals surface area contributed by atoms with Gasteiger partial charge >= 0.3 is 0 Å². The van der Waals surface area contributed by atoms with Crippen molar-refractivity contribution in [2.45, 2.75) is 29.8 Å². The zero-order valence-electron chi connectivity index (χ0n) is 16.4. The number of carbonyl (C=O) groups excluding carboxylic acids is 1. The number of piperidine rings is 1. The standard InChI is InChI=1S/C18H21ClN4O5S2/c1-12-4-3-9-23(11-12)30(27,28)14-7-5-13(6-8-14)21-17(24)16-15(19)10-20-18(22-16)29(2,25)26/h5-8,10,12H,3-4,9,11H2,1-2H3,(H,21,24)/t12-/m0/s1. The van der Waals surface area contributed by atoms with Gasteiger partial charge in [-0.2, -0.15) is 4.31 Å². The number of sulfone groups is 1. The summed E-state index contributed by atoms with van der Waals surface area (Å²) in [4.78, 5) is 19.9. The molecule has 1 saturated heterocycles. The van der Waals surface area contributed by atoms with Crippen LogP contribution in [0.3, 0.4) is 0 Å². The lowest BCUT2D eigenvalue weighted by molar-refractivity contribution is 0.102. The Hall–Kier alpha value is -2.08. The first-order chi connectivity index (χ1) is 14.0. The first kappa shape index (κ1) is 22.6. The van der Waals surface area contributed by atoms with Crippen LogP contribution in [0.15, 0.2) is 40.5 Å². The summed E-state index contributed by atoms with van der Waals surface area (Å²) < 4.78 is 50.3. The van der Waals surface area contributed by atoms with Crippen molar-refractivity contribution in [1.82, 2.24) is 14.3 Å². The maximum Gasteiger partial charge on any atom is 0.275 e. The molecule has 0 spiro atoms. The number of anilines is 1. The molecule has 1 amide bonds. The van der Waals surface area contributed by atoms with Gasteiger partial charge in [-0.25, -0.2) is 26.8 Å². The molecule has 1 aliphatic rings. The van der Waals surface area contributed by atoms with Gasteiger partial charge in [-0.05, 0) is 43.0 Å². The highest BCUT2D eigenvalue weighted by Crippen LogP contribution is 2.25. The van der Waals surface area contributed by atoms with Gasteiger partial charge in [0.1, 0.15) is 0 Å². The van der Waals surface area contributed by atoms with E-state index in [-0.39, 0.29) is 15.6 Å². The van der Waals surface area contributed by atoms with E-state index in [1.165, 1.54) is 28.6 Å². The van der Waals surface area contributed by atoms with Crippen LogP contribution in [0.5, 0.6) is 0 Å². The largest absolute Gasteiger partial charge is 0.321 e. The number of hydrogen-bond acceptors (Lipinski definition) is 7. The van der Waals surface area contributed by atoms with Crippen LogP contribution >= 0.6 is 11.6 Å². The summed E-state index contributed by atoms with van der Waals surface area (Å²) >= 11 is 5.92. The van der Waals surface area contributed by atoms with Crippen LogP contribution in [0, 0.1) is 5.92 Å². The maximum atomic E-state index is 12.8. The maximum absolute atomic E-state index is 12.8. The van der Waals surface area contributed by atoms with Crippen molar-refractivity contribution in [2.75, 3.05) is 24.7 Å². The fourth-order valence-electron chi connectivity index (χ4n) is 3.10. The van der Waals surface area contributed by atoms with Crippen molar-refractivity contribution in [3.05, 3.63) is 41.2 Å². The van der Waals surface area contributed by atoms with Crippen LogP contribution in [0.1, 0.15) is 30.3 Å². The van der Waals surface area contributed by atoms with E-state index in [1.807, 2.05) is 6.92 Å². The normalized spacial score (nSPS) is 18.2. The Morgan fingerprint density at radius 1 is 1.20 bits per heavy atom. The fourth-order valence-corrected chi connectivity index (χ4v) is 5.38. The van der Waals surface area contributed by atoms with E-state index < -0.39 is 30.9 Å². The van der Waals surface area contributed by atoms with E-state index in [2.05, 4.69) is 15.3 Å². The Bertz CT molecular complexity index is 1170. The lowest BCUT2D eigenvalue weighted by Gasteiger charge is -2.30. The second-order valence-electron chi connectivity index (χ2n) is 7.21. The fraction of sp³-hybridized carbons (Fsp3) is 0.389. The second kappa shape index (κ2) is 8.58. The zero-order chi connectivity index (χ0) is 22.1. The van der Waals surface area contributed by atoms with Gasteiger partial charge in [-0.3, -0.25) is 4.79 Å². The quantitative estimate of drug-likeness (QED) is 0.661. The van der Waals surface area contributed by atoms with E-state index in [9.17, 15) is 21.6 Å². The first-order valence-electron chi connectivity index (χ1n) is 9.12. The Kier molecular flexibility index (Phi) is 6.46. The van der Waals surface area contributed by atoms with E-state index in [0.29, 0.717) is 24.7 Å². The molecule has 0 radical (unpaired) electrons. The number of sulfonamides is 1. The highest BCUT2D eigenvalue weighted by Gasteiger charge is 2.28. The summed E-state index contributed by atoms with van der Waals surface area (Å²) in [5.41, 5.74) is 0.00707. The van der Waals surface area contributed by atoms with Gasteiger partial charge in [0.25, 0.3) is 5.91 Å². The van der Waals surface area contributed by atoms with Gasteiger partial charge < -0.3 is 5.32 Å². The van der Waals surface area contributed by atoms with Crippen molar-refractivity contribution in [3.8, 4) is 0 Å². The van der Waals surface area contributed by atoms with Gasteiger partial charge in [0.15, 0.2) is 5.69 Å². The molecule has 0 unspecified atom stereocenters. The topological polar surface area (TPSA) is 126 Å². The minimum absolute atomic E-state index is 0.113. The number of nitrogens with one attached hydrogen (secondary N) is 1. The van der Waals surface area contributed by atoms with Crippen LogP contribution in [-0.4, -0.2) is 56.4 Å². The summed E-state index contributed by atoms with van der Waals surface area (Å²) in [7, 11) is -7.33. The van der Waals surface area contributed by atoms with Gasteiger partial charge in [0, 0.05) is 25.0 Å². The van der Waals surface area contributed by atoms with Crippen LogP contribution in [0.2, 0.25) is 5.02 Å². The lowest BCUT2D eigenvalue weighted by Crippen LogP contribution is -2.39. The Balaban J connectivity index is 1.78. The van der Waals surface area contributed by atoms with Gasteiger partial charge in [0.05, 0.1) is 16.1 Å². The second-order valence-corrected chi connectivity index (χ2v) is 11.5. The molecule has 0 aliphatic carbocycles. The average Bonchev–Trinajstić information content (AvgIpc) is 2.67. The van der Waals surface area contributed by atoms with E-state index in [1.54, 1.807) is 0 Å². The van der Waals surface area contributed by atoms with Crippen molar-refractivity contribution in [3.63, 3.8) is 0 Å². The number of amides is 1. The third-order valence-electron chi connectivity index (χ3n) is 4.64. The number of nitrogens with zero attached hydrogens (tertiary/aromatic N) is 3. The predicted octanol–water partition coefficient (Wildman–Crippen LogP) is 2.21. The van der Waals surface area contributed by atoms with Crippen molar-refractivity contribution >= 4 is 43.1 Å². The van der Waals surface area contributed by atoms with Crippen LogP contribution in [0.4, 0.5) is 5.69 Å². The molecule has 2 aromatic rings. The molecule has 1 fully saturated rings. The third kappa shape index (κ3) is 4.97. The molecule has 1 aromatic carbocycles. The SMILES string of the molecule is C[C@H]1CCCN(S(=O)(=O)c2ccc(NC(=O)c3nc(S(C)(=O)=O)ncc3Cl)cc2)C1. The molecule has 0 bridgehead atoms. The minimum atomic E-state index is -3.72. The van der Waals surface area contributed by atoms with Gasteiger partial charge in [0.2, 0.25) is 25.0 Å². The highest BCUT2D eigenvalue weighted by molar-refractivity contribution is 7.90. The van der Waals surface area contributed by atoms with E-state index in [0.717, 1.165) is 25.3 Å². The molecule has 162 valence electrons. The highest BCUT2D eigenvalue weighted by atomic mass is 35.5. The molecule has 0 saturated carbocycles. The molecule has 2 heterocycles. The summed E-state index contributed by atoms with van der Waals surface area (Å²) in [5.74, 6) is -0.436. The molecule has 1 N–H and O–H groups in total. The summed E-state index contributed by atoms with van der Waals surface area (Å²) in [6.45, 7) is 2.99. The molecule has 1 atom stereocenters. The number of halogens is 1. The number of benzene rings is 1. The Morgan fingerprint density at radius 3 is 2.47 bits per heavy atom. The molecule has 1 aliphatic heterocycles. The van der Waals surface area contributed by atoms with Crippen LogP contribution < -0.4 is 5.32 Å². The Morgan fingerprint density at radius 2 is 1.87 bits per heavy atom. The number of rotatable bonds is 5. The summed E-state index contributed by atoms with van der Waals surface area (Å²) in [5, 5.41) is 1.89. The molecule has 12 heteroatoms.